The first-order valence-corrected chi connectivity index (χ1v) is 6.73. The molecule has 0 saturated heterocycles. The van der Waals surface area contributed by atoms with Gasteiger partial charge in [-0.2, -0.15) is 13.2 Å². The summed E-state index contributed by atoms with van der Waals surface area (Å²) in [6.45, 7) is 0. The minimum Gasteiger partial charge on any atom is -0.166 e. The van der Waals surface area contributed by atoms with Gasteiger partial charge in [-0.15, -0.1) is 0 Å². The zero-order valence-corrected chi connectivity index (χ0v) is 12.6. The van der Waals surface area contributed by atoms with E-state index in [1.54, 1.807) is 0 Å². The lowest BCUT2D eigenvalue weighted by molar-refractivity contribution is -0.137. The molecule has 0 spiro atoms. The largest absolute Gasteiger partial charge is 0.416 e. The number of benzene rings is 2. The van der Waals surface area contributed by atoms with Crippen molar-refractivity contribution >= 4 is 46.4 Å². The summed E-state index contributed by atoms with van der Waals surface area (Å²) in [5.41, 5.74) is -0.583. The smallest absolute Gasteiger partial charge is 0.166 e. The number of halogens is 7. The van der Waals surface area contributed by atoms with E-state index in [-0.39, 0.29) is 31.2 Å². The second kappa shape index (κ2) is 5.64. The van der Waals surface area contributed by atoms with Gasteiger partial charge in [0.1, 0.15) is 0 Å². The van der Waals surface area contributed by atoms with E-state index in [0.29, 0.717) is 0 Å². The SMILES string of the molecule is FC(F)(F)c1ccc(Cl)c(-c2c(Cl)ccc(Cl)c2Cl)c1. The molecule has 0 saturated carbocycles. The summed E-state index contributed by atoms with van der Waals surface area (Å²) in [5.74, 6) is 0. The zero-order valence-electron chi connectivity index (χ0n) is 9.53. The Morgan fingerprint density at radius 1 is 0.750 bits per heavy atom. The molecule has 106 valence electrons. The van der Waals surface area contributed by atoms with Crippen LogP contribution < -0.4 is 0 Å². The van der Waals surface area contributed by atoms with Gasteiger partial charge in [-0.05, 0) is 30.3 Å². The highest BCUT2D eigenvalue weighted by Crippen LogP contribution is 2.43. The van der Waals surface area contributed by atoms with Gasteiger partial charge in [0.25, 0.3) is 0 Å². The number of hydrogen-bond acceptors (Lipinski definition) is 0. The first-order chi connectivity index (χ1) is 9.21. The van der Waals surface area contributed by atoms with Crippen LogP contribution in [-0.2, 0) is 6.18 Å². The Morgan fingerprint density at radius 2 is 1.30 bits per heavy atom. The molecule has 20 heavy (non-hydrogen) atoms. The molecule has 0 unspecified atom stereocenters. The second-order valence-electron chi connectivity index (χ2n) is 3.91. The van der Waals surface area contributed by atoms with Crippen molar-refractivity contribution in [2.24, 2.45) is 0 Å². The fourth-order valence-corrected chi connectivity index (χ4v) is 2.61. The Bertz CT molecular complexity index is 665. The quantitative estimate of drug-likeness (QED) is 0.481. The van der Waals surface area contributed by atoms with Crippen LogP contribution in [0.15, 0.2) is 30.3 Å². The van der Waals surface area contributed by atoms with E-state index in [0.717, 1.165) is 18.2 Å². The molecule has 0 aromatic heterocycles. The maximum Gasteiger partial charge on any atom is 0.416 e. The Hall–Kier alpha value is -0.610. The topological polar surface area (TPSA) is 0 Å². The molecule has 0 heterocycles. The van der Waals surface area contributed by atoms with Crippen LogP contribution in [0.4, 0.5) is 13.2 Å². The molecule has 0 amide bonds. The predicted octanol–water partition coefficient (Wildman–Crippen LogP) is 6.99. The Kier molecular flexibility index (Phi) is 4.45. The van der Waals surface area contributed by atoms with Crippen LogP contribution in [0.5, 0.6) is 0 Å². The molecule has 0 atom stereocenters. The molecule has 2 rings (SSSR count). The molecule has 7 heteroatoms. The first-order valence-electron chi connectivity index (χ1n) is 5.22. The number of hydrogen-bond donors (Lipinski definition) is 0. The fraction of sp³-hybridized carbons (Fsp3) is 0.0769. The van der Waals surface area contributed by atoms with Crippen molar-refractivity contribution in [2.45, 2.75) is 6.18 Å². The van der Waals surface area contributed by atoms with Crippen molar-refractivity contribution in [2.75, 3.05) is 0 Å². The van der Waals surface area contributed by atoms with Crippen LogP contribution in [0.2, 0.25) is 20.1 Å². The summed E-state index contributed by atoms with van der Waals surface area (Å²) in [6, 6.07) is 5.83. The summed E-state index contributed by atoms with van der Waals surface area (Å²) in [4.78, 5) is 0. The van der Waals surface area contributed by atoms with Gasteiger partial charge in [0.2, 0.25) is 0 Å². The molecule has 0 bridgehead atoms. The maximum absolute atomic E-state index is 12.8. The first kappa shape index (κ1) is 15.8. The van der Waals surface area contributed by atoms with Gasteiger partial charge in [0, 0.05) is 16.1 Å². The molecular weight excluding hydrogens is 355 g/mol. The molecule has 0 aliphatic rings. The van der Waals surface area contributed by atoms with Crippen LogP contribution >= 0.6 is 46.4 Å². The lowest BCUT2D eigenvalue weighted by atomic mass is 10.0. The standard InChI is InChI=1S/C13H5Cl4F3/c14-8-2-1-6(13(18,19)20)5-7(8)11-9(15)3-4-10(16)12(11)17/h1-5H. The normalized spacial score (nSPS) is 11.8. The van der Waals surface area contributed by atoms with Gasteiger partial charge in [-0.1, -0.05) is 46.4 Å². The van der Waals surface area contributed by atoms with Crippen LogP contribution in [0, 0.1) is 0 Å². The molecular formula is C13H5Cl4F3. The van der Waals surface area contributed by atoms with Gasteiger partial charge in [0.05, 0.1) is 20.6 Å². The van der Waals surface area contributed by atoms with Crippen molar-refractivity contribution in [3.63, 3.8) is 0 Å². The molecule has 2 aromatic carbocycles. The second-order valence-corrected chi connectivity index (χ2v) is 5.51. The van der Waals surface area contributed by atoms with Crippen LogP contribution in [0.3, 0.4) is 0 Å². The van der Waals surface area contributed by atoms with Crippen molar-refractivity contribution < 1.29 is 13.2 Å². The molecule has 0 aliphatic heterocycles. The third kappa shape index (κ3) is 3.01. The van der Waals surface area contributed by atoms with Crippen LogP contribution in [-0.4, -0.2) is 0 Å². The van der Waals surface area contributed by atoms with E-state index in [9.17, 15) is 13.2 Å². The number of alkyl halides is 3. The van der Waals surface area contributed by atoms with E-state index in [1.165, 1.54) is 12.1 Å². The maximum atomic E-state index is 12.8. The van der Waals surface area contributed by atoms with E-state index < -0.39 is 11.7 Å². The molecule has 0 fully saturated rings. The van der Waals surface area contributed by atoms with Crippen molar-refractivity contribution in [3.8, 4) is 11.1 Å². The predicted molar refractivity (Wildman–Crippen MR) is 76.9 cm³/mol. The van der Waals surface area contributed by atoms with Gasteiger partial charge in [-0.3, -0.25) is 0 Å². The van der Waals surface area contributed by atoms with Crippen molar-refractivity contribution in [3.05, 3.63) is 56.0 Å². The minimum absolute atomic E-state index is 0.0559. The summed E-state index contributed by atoms with van der Waals surface area (Å²) >= 11 is 23.8. The Labute approximate surface area is 133 Å². The van der Waals surface area contributed by atoms with Crippen LogP contribution in [0.1, 0.15) is 5.56 Å². The van der Waals surface area contributed by atoms with Gasteiger partial charge in [-0.25, -0.2) is 0 Å². The monoisotopic (exact) mass is 358 g/mol. The molecule has 0 N–H and O–H groups in total. The summed E-state index contributed by atoms with van der Waals surface area (Å²) in [5, 5.41) is 0.504. The molecule has 2 aromatic rings. The fourth-order valence-electron chi connectivity index (χ4n) is 1.67. The van der Waals surface area contributed by atoms with Gasteiger partial charge >= 0.3 is 6.18 Å². The Balaban J connectivity index is 2.73. The average Bonchev–Trinajstić information content (AvgIpc) is 2.35. The Morgan fingerprint density at radius 3 is 1.90 bits per heavy atom. The lowest BCUT2D eigenvalue weighted by Crippen LogP contribution is -2.04. The highest BCUT2D eigenvalue weighted by atomic mass is 35.5. The van der Waals surface area contributed by atoms with E-state index in [1.807, 2.05) is 0 Å². The zero-order chi connectivity index (χ0) is 15.1. The third-order valence-electron chi connectivity index (χ3n) is 2.61. The van der Waals surface area contributed by atoms with E-state index >= 15 is 0 Å². The third-order valence-corrected chi connectivity index (χ3v) is 4.06. The average molecular weight is 360 g/mol. The van der Waals surface area contributed by atoms with E-state index in [2.05, 4.69) is 0 Å². The molecule has 0 aliphatic carbocycles. The number of rotatable bonds is 1. The minimum atomic E-state index is -4.49. The van der Waals surface area contributed by atoms with Crippen molar-refractivity contribution in [1.29, 1.82) is 0 Å². The summed E-state index contributed by atoms with van der Waals surface area (Å²) in [6.07, 6.45) is -4.49. The lowest BCUT2D eigenvalue weighted by Gasteiger charge is -2.13. The molecule has 0 radical (unpaired) electrons. The van der Waals surface area contributed by atoms with Crippen LogP contribution in [0.25, 0.3) is 11.1 Å². The summed E-state index contributed by atoms with van der Waals surface area (Å²) < 4.78 is 38.3. The molecule has 0 nitrogen and oxygen atoms in total. The highest BCUT2D eigenvalue weighted by Gasteiger charge is 2.31. The van der Waals surface area contributed by atoms with Crippen molar-refractivity contribution in [1.82, 2.24) is 0 Å². The van der Waals surface area contributed by atoms with Gasteiger partial charge < -0.3 is 0 Å². The summed E-state index contributed by atoms with van der Waals surface area (Å²) in [7, 11) is 0. The van der Waals surface area contributed by atoms with Gasteiger partial charge in [0.15, 0.2) is 0 Å². The van der Waals surface area contributed by atoms with E-state index in [4.69, 9.17) is 46.4 Å². The highest BCUT2D eigenvalue weighted by molar-refractivity contribution is 6.46.